The molecule has 0 atom stereocenters. The van der Waals surface area contributed by atoms with Crippen LogP contribution in [0.25, 0.3) is 32.3 Å². The van der Waals surface area contributed by atoms with E-state index < -0.39 is 0 Å². The van der Waals surface area contributed by atoms with E-state index in [9.17, 15) is 5.26 Å². The fourth-order valence-corrected chi connectivity index (χ4v) is 3.18. The molecule has 21 heavy (non-hydrogen) atoms. The first-order valence-corrected chi connectivity index (χ1v) is 7.07. The summed E-state index contributed by atoms with van der Waals surface area (Å²) in [6.07, 6.45) is 0.441. The van der Waals surface area contributed by atoms with Crippen molar-refractivity contribution in [1.29, 1.82) is 5.26 Å². The summed E-state index contributed by atoms with van der Waals surface area (Å²) in [5, 5.41) is 16.5. The predicted octanol–water partition coefficient (Wildman–Crippen LogP) is 5.21. The van der Waals surface area contributed by atoms with Gasteiger partial charge < -0.3 is 0 Å². The second-order valence-corrected chi connectivity index (χ2v) is 5.29. The molecule has 0 aliphatic heterocycles. The van der Waals surface area contributed by atoms with Gasteiger partial charge in [-0.2, -0.15) is 5.26 Å². The van der Waals surface area contributed by atoms with Crippen molar-refractivity contribution >= 4 is 32.3 Å². The highest BCUT2D eigenvalue weighted by Crippen LogP contribution is 2.33. The van der Waals surface area contributed by atoms with E-state index in [0.29, 0.717) is 6.42 Å². The van der Waals surface area contributed by atoms with Gasteiger partial charge in [0.05, 0.1) is 12.5 Å². The Labute approximate surface area is 123 Å². The molecule has 4 rings (SSSR count). The molecule has 0 saturated carbocycles. The second kappa shape index (κ2) is 4.61. The van der Waals surface area contributed by atoms with Crippen molar-refractivity contribution in [2.24, 2.45) is 0 Å². The van der Waals surface area contributed by atoms with Gasteiger partial charge in [-0.1, -0.05) is 60.7 Å². The summed E-state index contributed by atoms with van der Waals surface area (Å²) in [6.45, 7) is 0. The van der Waals surface area contributed by atoms with Crippen molar-refractivity contribution in [3.05, 3.63) is 72.3 Å². The second-order valence-electron chi connectivity index (χ2n) is 5.29. The van der Waals surface area contributed by atoms with Crippen LogP contribution in [0.5, 0.6) is 0 Å². The van der Waals surface area contributed by atoms with Gasteiger partial charge in [-0.05, 0) is 43.9 Å². The van der Waals surface area contributed by atoms with Gasteiger partial charge in [0, 0.05) is 0 Å². The van der Waals surface area contributed by atoms with Gasteiger partial charge in [0.2, 0.25) is 0 Å². The third kappa shape index (κ3) is 1.77. The lowest BCUT2D eigenvalue weighted by Gasteiger charge is -2.11. The van der Waals surface area contributed by atoms with Crippen LogP contribution < -0.4 is 0 Å². The number of nitriles is 1. The Kier molecular flexibility index (Phi) is 2.62. The molecule has 0 bridgehead atoms. The number of rotatable bonds is 1. The van der Waals surface area contributed by atoms with Gasteiger partial charge in [-0.15, -0.1) is 0 Å². The minimum absolute atomic E-state index is 0.441. The largest absolute Gasteiger partial charge is 0.198 e. The number of benzene rings is 4. The van der Waals surface area contributed by atoms with E-state index in [1.54, 1.807) is 0 Å². The topological polar surface area (TPSA) is 23.8 Å². The Balaban J connectivity index is 2.27. The van der Waals surface area contributed by atoms with E-state index in [-0.39, 0.29) is 0 Å². The normalized spacial score (nSPS) is 11.0. The number of fused-ring (bicyclic) bond motifs is 4. The van der Waals surface area contributed by atoms with E-state index in [0.717, 1.165) is 5.56 Å². The molecule has 0 aliphatic carbocycles. The maximum absolute atomic E-state index is 9.20. The third-order valence-corrected chi connectivity index (χ3v) is 4.14. The lowest BCUT2D eigenvalue weighted by atomic mass is 9.95. The summed E-state index contributed by atoms with van der Waals surface area (Å²) in [4.78, 5) is 0. The van der Waals surface area contributed by atoms with Gasteiger partial charge in [0.25, 0.3) is 0 Å². The van der Waals surface area contributed by atoms with Crippen molar-refractivity contribution in [2.45, 2.75) is 6.42 Å². The predicted molar refractivity (Wildman–Crippen MR) is 88.3 cm³/mol. The van der Waals surface area contributed by atoms with Crippen LogP contribution in [0.1, 0.15) is 5.56 Å². The maximum Gasteiger partial charge on any atom is 0.0670 e. The molecule has 0 amide bonds. The van der Waals surface area contributed by atoms with E-state index >= 15 is 0 Å². The van der Waals surface area contributed by atoms with Crippen LogP contribution >= 0.6 is 0 Å². The Bertz CT molecular complexity index is 1020. The quantitative estimate of drug-likeness (QED) is 0.264. The first-order chi connectivity index (χ1) is 10.4. The Hall–Kier alpha value is -2.85. The zero-order chi connectivity index (χ0) is 14.2. The first-order valence-electron chi connectivity index (χ1n) is 7.07. The van der Waals surface area contributed by atoms with Crippen LogP contribution in [0.15, 0.2) is 66.7 Å². The smallest absolute Gasteiger partial charge is 0.0670 e. The highest BCUT2D eigenvalue weighted by molar-refractivity contribution is 6.14. The van der Waals surface area contributed by atoms with E-state index in [1.165, 1.54) is 32.3 Å². The highest BCUT2D eigenvalue weighted by Gasteiger charge is 2.09. The molecule has 1 heteroatoms. The minimum Gasteiger partial charge on any atom is -0.198 e. The van der Waals surface area contributed by atoms with Gasteiger partial charge in [-0.3, -0.25) is 0 Å². The van der Waals surface area contributed by atoms with Crippen LogP contribution in [-0.2, 0) is 6.42 Å². The average molecular weight is 269 g/mol. The zero-order valence-corrected chi connectivity index (χ0v) is 11.5. The van der Waals surface area contributed by atoms with Crippen molar-refractivity contribution < 1.29 is 0 Å². The number of hydrogen-bond acceptors (Lipinski definition) is 1. The van der Waals surface area contributed by atoms with E-state index in [2.05, 4.69) is 66.7 Å². The highest BCUT2D eigenvalue weighted by atomic mass is 14.6. The Morgan fingerprint density at radius 3 is 2.19 bits per heavy atom. The molecule has 0 spiro atoms. The van der Waals surface area contributed by atoms with Crippen LogP contribution in [0.4, 0.5) is 0 Å². The zero-order valence-electron chi connectivity index (χ0n) is 11.5. The molecule has 0 unspecified atom stereocenters. The molecular formula is C20H13N. The molecular weight excluding hydrogens is 256 g/mol. The first kappa shape index (κ1) is 11.9. The Morgan fingerprint density at radius 1 is 0.667 bits per heavy atom. The summed E-state index contributed by atoms with van der Waals surface area (Å²) < 4.78 is 0. The fraction of sp³-hybridized carbons (Fsp3) is 0.0500. The molecule has 0 aromatic heterocycles. The van der Waals surface area contributed by atoms with Crippen molar-refractivity contribution in [3.63, 3.8) is 0 Å². The minimum atomic E-state index is 0.441. The molecule has 0 fully saturated rings. The summed E-state index contributed by atoms with van der Waals surface area (Å²) in [6, 6.07) is 25.6. The molecule has 0 N–H and O–H groups in total. The summed E-state index contributed by atoms with van der Waals surface area (Å²) in [5.74, 6) is 0. The Morgan fingerprint density at radius 2 is 1.38 bits per heavy atom. The average Bonchev–Trinajstić information content (AvgIpc) is 2.55. The molecule has 1 nitrogen and oxygen atoms in total. The molecule has 0 aliphatic rings. The molecule has 4 aromatic rings. The van der Waals surface area contributed by atoms with Crippen LogP contribution in [-0.4, -0.2) is 0 Å². The monoisotopic (exact) mass is 269 g/mol. The molecule has 4 aromatic carbocycles. The van der Waals surface area contributed by atoms with Crippen LogP contribution in [0, 0.1) is 11.3 Å². The summed E-state index contributed by atoms with van der Waals surface area (Å²) in [7, 11) is 0. The molecule has 0 radical (unpaired) electrons. The van der Waals surface area contributed by atoms with E-state index in [4.69, 9.17) is 0 Å². The van der Waals surface area contributed by atoms with Crippen molar-refractivity contribution in [3.8, 4) is 6.07 Å². The van der Waals surface area contributed by atoms with Crippen molar-refractivity contribution in [1.82, 2.24) is 0 Å². The van der Waals surface area contributed by atoms with Crippen LogP contribution in [0.2, 0.25) is 0 Å². The lowest BCUT2D eigenvalue weighted by Crippen LogP contribution is -1.89. The standard InChI is InChI=1S/C20H13N/c21-12-11-19-17-8-4-2-6-15(17)13-20-16-7-3-1-5-14(16)9-10-18(19)20/h1-10,13H,11H2/i11+1,12+1. The molecule has 0 saturated heterocycles. The summed E-state index contributed by atoms with van der Waals surface area (Å²) >= 11 is 0. The lowest BCUT2D eigenvalue weighted by molar-refractivity contribution is 1.31. The third-order valence-electron chi connectivity index (χ3n) is 4.14. The van der Waals surface area contributed by atoms with Crippen molar-refractivity contribution in [2.75, 3.05) is 0 Å². The fourth-order valence-electron chi connectivity index (χ4n) is 3.18. The van der Waals surface area contributed by atoms with Gasteiger partial charge in [-0.25, -0.2) is 0 Å². The van der Waals surface area contributed by atoms with Crippen LogP contribution in [0.3, 0.4) is 0 Å². The van der Waals surface area contributed by atoms with Gasteiger partial charge >= 0.3 is 0 Å². The molecule has 98 valence electrons. The van der Waals surface area contributed by atoms with Gasteiger partial charge in [0.1, 0.15) is 0 Å². The summed E-state index contributed by atoms with van der Waals surface area (Å²) in [5.41, 5.74) is 1.14. The van der Waals surface area contributed by atoms with Gasteiger partial charge in [0.15, 0.2) is 0 Å². The maximum atomic E-state index is 9.20. The number of nitrogens with zero attached hydrogens (tertiary/aromatic N) is 1. The van der Waals surface area contributed by atoms with E-state index in [1.807, 2.05) is 6.07 Å². The molecule has 0 heterocycles. The SMILES string of the molecule is N#[13C][13CH2]c1c2ccccc2cc2c1ccc1ccccc12. The number of hydrogen-bond donors (Lipinski definition) is 0.